The average Bonchev–Trinajstić information content (AvgIpc) is 2.46. The van der Waals surface area contributed by atoms with Crippen LogP contribution >= 0.6 is 15.9 Å². The fraction of sp³-hybridized carbons (Fsp3) is 0.200. The molecule has 4 nitrogen and oxygen atoms in total. The van der Waals surface area contributed by atoms with Gasteiger partial charge in [0.1, 0.15) is 0 Å². The molecule has 0 aliphatic carbocycles. The summed E-state index contributed by atoms with van der Waals surface area (Å²) in [7, 11) is 0. The molecule has 0 saturated carbocycles. The summed E-state index contributed by atoms with van der Waals surface area (Å²) in [6.45, 7) is 0. The Kier molecular flexibility index (Phi) is 4.87. The SMILES string of the molecule is NC(CCc1ccc([N+](=O)[O-])cc1Br)c1ccccc1. The first-order valence-corrected chi connectivity index (χ1v) is 7.10. The fourth-order valence-electron chi connectivity index (χ4n) is 2.03. The Hall–Kier alpha value is -1.72. The number of hydrogen-bond acceptors (Lipinski definition) is 3. The fourth-order valence-corrected chi connectivity index (χ4v) is 2.60. The van der Waals surface area contributed by atoms with Gasteiger partial charge in [0.15, 0.2) is 0 Å². The third-order valence-corrected chi connectivity index (χ3v) is 3.94. The summed E-state index contributed by atoms with van der Waals surface area (Å²) in [6, 6.07) is 14.7. The Morgan fingerprint density at radius 1 is 1.20 bits per heavy atom. The van der Waals surface area contributed by atoms with Crippen molar-refractivity contribution in [2.75, 3.05) is 0 Å². The molecule has 0 aliphatic heterocycles. The lowest BCUT2D eigenvalue weighted by atomic mass is 10.00. The van der Waals surface area contributed by atoms with E-state index < -0.39 is 4.92 Å². The van der Waals surface area contributed by atoms with E-state index in [-0.39, 0.29) is 11.7 Å². The van der Waals surface area contributed by atoms with Crippen LogP contribution in [0.3, 0.4) is 0 Å². The van der Waals surface area contributed by atoms with Crippen LogP contribution in [-0.2, 0) is 6.42 Å². The van der Waals surface area contributed by atoms with E-state index in [0.717, 1.165) is 28.4 Å². The molecule has 2 aromatic carbocycles. The van der Waals surface area contributed by atoms with Gasteiger partial charge in [-0.2, -0.15) is 0 Å². The molecule has 0 fully saturated rings. The smallest absolute Gasteiger partial charge is 0.270 e. The molecule has 0 radical (unpaired) electrons. The van der Waals surface area contributed by atoms with Crippen LogP contribution in [0.5, 0.6) is 0 Å². The molecule has 0 spiro atoms. The molecule has 0 aromatic heterocycles. The maximum atomic E-state index is 10.7. The number of halogens is 1. The van der Waals surface area contributed by atoms with Gasteiger partial charge in [-0.05, 0) is 24.0 Å². The van der Waals surface area contributed by atoms with E-state index in [1.165, 1.54) is 12.1 Å². The Morgan fingerprint density at radius 3 is 2.50 bits per heavy atom. The van der Waals surface area contributed by atoms with Crippen molar-refractivity contribution in [3.63, 3.8) is 0 Å². The topological polar surface area (TPSA) is 69.2 Å². The average molecular weight is 335 g/mol. The molecule has 2 aromatic rings. The second-order valence-corrected chi connectivity index (χ2v) is 5.44. The second kappa shape index (κ2) is 6.63. The van der Waals surface area contributed by atoms with Crippen molar-refractivity contribution in [2.45, 2.75) is 18.9 Å². The van der Waals surface area contributed by atoms with Gasteiger partial charge in [-0.25, -0.2) is 0 Å². The monoisotopic (exact) mass is 334 g/mol. The Balaban J connectivity index is 2.02. The minimum Gasteiger partial charge on any atom is -0.324 e. The van der Waals surface area contributed by atoms with E-state index >= 15 is 0 Å². The van der Waals surface area contributed by atoms with Gasteiger partial charge in [-0.15, -0.1) is 0 Å². The van der Waals surface area contributed by atoms with E-state index in [1.807, 2.05) is 30.3 Å². The summed E-state index contributed by atoms with van der Waals surface area (Å²) in [4.78, 5) is 10.3. The number of nitro groups is 1. The van der Waals surface area contributed by atoms with Crippen molar-refractivity contribution < 1.29 is 4.92 Å². The molecule has 0 aliphatic rings. The lowest BCUT2D eigenvalue weighted by Gasteiger charge is -2.12. The predicted octanol–water partition coefficient (Wildman–Crippen LogP) is 3.99. The molecule has 5 heteroatoms. The van der Waals surface area contributed by atoms with Gasteiger partial charge in [-0.1, -0.05) is 52.3 Å². The predicted molar refractivity (Wildman–Crippen MR) is 82.5 cm³/mol. The summed E-state index contributed by atoms with van der Waals surface area (Å²) < 4.78 is 0.756. The van der Waals surface area contributed by atoms with Crippen molar-refractivity contribution >= 4 is 21.6 Å². The van der Waals surface area contributed by atoms with Gasteiger partial charge < -0.3 is 5.73 Å². The number of aryl methyl sites for hydroxylation is 1. The molecular weight excluding hydrogens is 320 g/mol. The van der Waals surface area contributed by atoms with Crippen LogP contribution in [0.2, 0.25) is 0 Å². The molecule has 2 rings (SSSR count). The number of hydrogen-bond donors (Lipinski definition) is 1. The minimum atomic E-state index is -0.399. The van der Waals surface area contributed by atoms with Crippen LogP contribution in [0.15, 0.2) is 53.0 Å². The molecule has 0 heterocycles. The van der Waals surface area contributed by atoms with Crippen LogP contribution < -0.4 is 5.73 Å². The Morgan fingerprint density at radius 2 is 1.90 bits per heavy atom. The zero-order valence-electron chi connectivity index (χ0n) is 10.8. The van der Waals surface area contributed by atoms with E-state index in [0.29, 0.717) is 0 Å². The highest BCUT2D eigenvalue weighted by Crippen LogP contribution is 2.25. The summed E-state index contributed by atoms with van der Waals surface area (Å²) in [5.41, 5.74) is 8.37. The summed E-state index contributed by atoms with van der Waals surface area (Å²) in [5.74, 6) is 0. The molecule has 1 atom stereocenters. The van der Waals surface area contributed by atoms with Crippen molar-refractivity contribution in [1.29, 1.82) is 0 Å². The van der Waals surface area contributed by atoms with Gasteiger partial charge in [0.2, 0.25) is 0 Å². The van der Waals surface area contributed by atoms with Crippen LogP contribution in [0.25, 0.3) is 0 Å². The highest BCUT2D eigenvalue weighted by atomic mass is 79.9. The lowest BCUT2D eigenvalue weighted by molar-refractivity contribution is -0.384. The van der Waals surface area contributed by atoms with Crippen molar-refractivity contribution in [1.82, 2.24) is 0 Å². The molecule has 0 amide bonds. The number of nitro benzene ring substituents is 1. The third kappa shape index (κ3) is 3.65. The van der Waals surface area contributed by atoms with Crippen LogP contribution in [0.4, 0.5) is 5.69 Å². The second-order valence-electron chi connectivity index (χ2n) is 4.59. The Bertz CT molecular complexity index is 602. The van der Waals surface area contributed by atoms with E-state index in [2.05, 4.69) is 15.9 Å². The molecule has 0 bridgehead atoms. The molecule has 104 valence electrons. The number of benzene rings is 2. The first-order valence-electron chi connectivity index (χ1n) is 6.31. The van der Waals surface area contributed by atoms with Crippen LogP contribution in [0.1, 0.15) is 23.6 Å². The first-order chi connectivity index (χ1) is 9.58. The molecule has 0 saturated heterocycles. The molecule has 1 unspecified atom stereocenters. The lowest BCUT2D eigenvalue weighted by Crippen LogP contribution is -2.11. The largest absolute Gasteiger partial charge is 0.324 e. The van der Waals surface area contributed by atoms with Gasteiger partial charge in [0.25, 0.3) is 5.69 Å². The number of non-ortho nitro benzene ring substituents is 1. The van der Waals surface area contributed by atoms with Crippen molar-refractivity contribution in [3.05, 3.63) is 74.2 Å². The summed E-state index contributed by atoms with van der Waals surface area (Å²) in [5, 5.41) is 10.7. The molecule has 2 N–H and O–H groups in total. The zero-order chi connectivity index (χ0) is 14.5. The highest BCUT2D eigenvalue weighted by molar-refractivity contribution is 9.10. The quantitative estimate of drug-likeness (QED) is 0.663. The van der Waals surface area contributed by atoms with Gasteiger partial charge in [0, 0.05) is 22.6 Å². The van der Waals surface area contributed by atoms with E-state index in [4.69, 9.17) is 5.73 Å². The van der Waals surface area contributed by atoms with Crippen LogP contribution in [-0.4, -0.2) is 4.92 Å². The number of nitrogens with two attached hydrogens (primary N) is 1. The molecular formula is C15H15BrN2O2. The Labute approximate surface area is 125 Å². The van der Waals surface area contributed by atoms with Gasteiger partial charge in [0.05, 0.1) is 4.92 Å². The van der Waals surface area contributed by atoms with Crippen LogP contribution in [0, 0.1) is 10.1 Å². The van der Waals surface area contributed by atoms with Gasteiger partial charge in [-0.3, -0.25) is 10.1 Å². The summed E-state index contributed by atoms with van der Waals surface area (Å²) >= 11 is 3.38. The van der Waals surface area contributed by atoms with E-state index in [9.17, 15) is 10.1 Å². The number of nitrogens with zero attached hydrogens (tertiary/aromatic N) is 1. The standard InChI is InChI=1S/C15H15BrN2O2/c16-14-10-13(18(19)20)8-6-11(14)7-9-15(17)12-4-2-1-3-5-12/h1-6,8,10,15H,7,9,17H2. The zero-order valence-corrected chi connectivity index (χ0v) is 12.4. The maximum Gasteiger partial charge on any atom is 0.270 e. The summed E-state index contributed by atoms with van der Waals surface area (Å²) in [6.07, 6.45) is 1.56. The third-order valence-electron chi connectivity index (χ3n) is 3.20. The number of rotatable bonds is 5. The maximum absolute atomic E-state index is 10.7. The molecule has 20 heavy (non-hydrogen) atoms. The normalized spacial score (nSPS) is 12.1. The highest BCUT2D eigenvalue weighted by Gasteiger charge is 2.11. The minimum absolute atomic E-state index is 0.0294. The van der Waals surface area contributed by atoms with Crippen molar-refractivity contribution in [2.24, 2.45) is 5.73 Å². The van der Waals surface area contributed by atoms with E-state index in [1.54, 1.807) is 6.07 Å². The first kappa shape index (κ1) is 14.7. The van der Waals surface area contributed by atoms with Gasteiger partial charge >= 0.3 is 0 Å². The van der Waals surface area contributed by atoms with Crippen molar-refractivity contribution in [3.8, 4) is 0 Å².